The van der Waals surface area contributed by atoms with E-state index in [1.54, 1.807) is 48.5 Å². The number of thioether (sulfide) groups is 1. The molecule has 0 spiro atoms. The van der Waals surface area contributed by atoms with E-state index in [1.165, 1.54) is 11.8 Å². The van der Waals surface area contributed by atoms with E-state index in [2.05, 4.69) is 15.5 Å². The van der Waals surface area contributed by atoms with Gasteiger partial charge in [0.1, 0.15) is 12.4 Å². The largest absolute Gasteiger partial charge is 0.486 e. The fourth-order valence-corrected chi connectivity index (χ4v) is 3.90. The molecule has 0 aliphatic heterocycles. The number of aromatic nitrogens is 3. The first kappa shape index (κ1) is 23.8. The number of Topliss-reactive ketones (excluding diaryl/α,β-unsaturated/α-hetero) is 1. The van der Waals surface area contributed by atoms with Gasteiger partial charge in [0.15, 0.2) is 16.8 Å². The Morgan fingerprint density at radius 2 is 1.81 bits per heavy atom. The van der Waals surface area contributed by atoms with E-state index in [1.807, 2.05) is 25.5 Å². The summed E-state index contributed by atoms with van der Waals surface area (Å²) in [7, 11) is 1.84. The Balaban J connectivity index is 1.58. The maximum absolute atomic E-state index is 12.8. The molecule has 1 aromatic heterocycles. The number of hydrogen-bond donors (Lipinski definition) is 1. The smallest absolute Gasteiger partial charge is 0.224 e. The van der Waals surface area contributed by atoms with Gasteiger partial charge in [0.25, 0.3) is 0 Å². The number of hydrogen-bond acceptors (Lipinski definition) is 6. The molecular formula is C23H25ClN4O3S. The number of nitrogens with zero attached hydrogens (tertiary/aromatic N) is 3. The van der Waals surface area contributed by atoms with Crippen molar-refractivity contribution in [1.82, 2.24) is 14.8 Å². The number of halogens is 1. The van der Waals surface area contributed by atoms with Crippen LogP contribution in [0.1, 0.15) is 42.9 Å². The molecule has 0 aliphatic carbocycles. The highest BCUT2D eigenvalue weighted by Crippen LogP contribution is 2.25. The van der Waals surface area contributed by atoms with Crippen molar-refractivity contribution in [3.8, 4) is 5.75 Å². The second-order valence-corrected chi connectivity index (χ2v) is 8.94. The molecule has 168 valence electrons. The van der Waals surface area contributed by atoms with Crippen molar-refractivity contribution in [2.24, 2.45) is 7.05 Å². The van der Waals surface area contributed by atoms with Gasteiger partial charge in [-0.3, -0.25) is 9.59 Å². The number of ketones is 1. The van der Waals surface area contributed by atoms with Crippen LogP contribution >= 0.6 is 23.4 Å². The van der Waals surface area contributed by atoms with Crippen LogP contribution < -0.4 is 10.1 Å². The highest BCUT2D eigenvalue weighted by atomic mass is 35.5. The van der Waals surface area contributed by atoms with E-state index >= 15 is 0 Å². The molecule has 32 heavy (non-hydrogen) atoms. The van der Waals surface area contributed by atoms with Crippen molar-refractivity contribution in [2.75, 3.05) is 5.32 Å². The number of ether oxygens (including phenoxy) is 1. The molecule has 1 N–H and O–H groups in total. The van der Waals surface area contributed by atoms with Crippen LogP contribution in [-0.2, 0) is 18.4 Å². The minimum absolute atomic E-state index is 0.0246. The summed E-state index contributed by atoms with van der Waals surface area (Å²) in [5.74, 6) is 1.27. The zero-order valence-corrected chi connectivity index (χ0v) is 19.7. The lowest BCUT2D eigenvalue weighted by Crippen LogP contribution is -2.15. The molecular weight excluding hydrogens is 448 g/mol. The van der Waals surface area contributed by atoms with Gasteiger partial charge in [0, 0.05) is 29.7 Å². The molecule has 7 nitrogen and oxygen atoms in total. The molecule has 0 aliphatic rings. The third-order valence-corrected chi connectivity index (χ3v) is 6.07. The molecule has 0 bridgehead atoms. The van der Waals surface area contributed by atoms with E-state index in [-0.39, 0.29) is 23.5 Å². The number of benzene rings is 2. The second kappa shape index (κ2) is 11.2. The van der Waals surface area contributed by atoms with E-state index in [4.69, 9.17) is 16.3 Å². The standard InChI is InChI=1S/C23H25ClN4O3S/c1-4-5-21(29)25-18-10-6-16(7-11-18)22(30)15(2)32-23-27-26-20(28(23)3)14-31-19-12-8-17(24)9-13-19/h6-13,15H,4-5,14H2,1-3H3,(H,25,29)/t15-/m1/s1. The maximum Gasteiger partial charge on any atom is 0.224 e. The number of carbonyl (C=O) groups excluding carboxylic acids is 2. The first-order valence-electron chi connectivity index (χ1n) is 10.2. The molecule has 0 fully saturated rings. The van der Waals surface area contributed by atoms with Gasteiger partial charge in [-0.15, -0.1) is 10.2 Å². The highest BCUT2D eigenvalue weighted by molar-refractivity contribution is 8.00. The lowest BCUT2D eigenvalue weighted by molar-refractivity contribution is -0.116. The Hall–Kier alpha value is -2.84. The first-order chi connectivity index (χ1) is 15.4. The van der Waals surface area contributed by atoms with Gasteiger partial charge in [0.05, 0.1) is 5.25 Å². The predicted molar refractivity (Wildman–Crippen MR) is 126 cm³/mol. The maximum atomic E-state index is 12.8. The number of anilines is 1. The van der Waals surface area contributed by atoms with Crippen LogP contribution in [0.15, 0.2) is 53.7 Å². The van der Waals surface area contributed by atoms with Crippen LogP contribution in [0, 0.1) is 0 Å². The van der Waals surface area contributed by atoms with E-state index in [0.717, 1.165) is 6.42 Å². The summed E-state index contributed by atoms with van der Waals surface area (Å²) in [6.07, 6.45) is 1.26. The third-order valence-electron chi connectivity index (χ3n) is 4.69. The molecule has 1 heterocycles. The monoisotopic (exact) mass is 472 g/mol. The van der Waals surface area contributed by atoms with Crippen LogP contribution in [0.4, 0.5) is 5.69 Å². The summed E-state index contributed by atoms with van der Waals surface area (Å²) in [6.45, 7) is 4.04. The quantitative estimate of drug-likeness (QED) is 0.324. The first-order valence-corrected chi connectivity index (χ1v) is 11.5. The summed E-state index contributed by atoms with van der Waals surface area (Å²) in [6, 6.07) is 14.0. The van der Waals surface area contributed by atoms with Gasteiger partial charge < -0.3 is 14.6 Å². The molecule has 2 aromatic carbocycles. The third kappa shape index (κ3) is 6.34. The molecule has 9 heteroatoms. The Morgan fingerprint density at radius 3 is 2.47 bits per heavy atom. The van der Waals surface area contributed by atoms with Gasteiger partial charge in [-0.1, -0.05) is 30.3 Å². The molecule has 0 unspecified atom stereocenters. The fourth-order valence-electron chi connectivity index (χ4n) is 2.87. The summed E-state index contributed by atoms with van der Waals surface area (Å²) >= 11 is 7.22. The Morgan fingerprint density at radius 1 is 1.12 bits per heavy atom. The second-order valence-electron chi connectivity index (χ2n) is 7.20. The van der Waals surface area contributed by atoms with Crippen molar-refractivity contribution < 1.29 is 14.3 Å². The molecule has 1 amide bonds. The van der Waals surface area contributed by atoms with E-state index < -0.39 is 0 Å². The predicted octanol–water partition coefficient (Wildman–Crippen LogP) is 5.15. The summed E-state index contributed by atoms with van der Waals surface area (Å²) < 4.78 is 7.54. The average Bonchev–Trinajstić information content (AvgIpc) is 3.12. The fraction of sp³-hybridized carbons (Fsp3) is 0.304. The topological polar surface area (TPSA) is 86.1 Å². The van der Waals surface area contributed by atoms with Gasteiger partial charge in [-0.2, -0.15) is 0 Å². The van der Waals surface area contributed by atoms with Crippen molar-refractivity contribution in [2.45, 2.75) is 43.7 Å². The van der Waals surface area contributed by atoms with Crippen LogP contribution in [0.5, 0.6) is 5.75 Å². The van der Waals surface area contributed by atoms with Crippen LogP contribution in [0.2, 0.25) is 5.02 Å². The molecule has 3 aromatic rings. The van der Waals surface area contributed by atoms with Crippen LogP contribution in [0.25, 0.3) is 0 Å². The minimum Gasteiger partial charge on any atom is -0.486 e. The van der Waals surface area contributed by atoms with Gasteiger partial charge >= 0.3 is 0 Å². The zero-order chi connectivity index (χ0) is 23.1. The summed E-state index contributed by atoms with van der Waals surface area (Å²) in [4.78, 5) is 24.5. The zero-order valence-electron chi connectivity index (χ0n) is 18.2. The van der Waals surface area contributed by atoms with E-state index in [0.29, 0.717) is 39.4 Å². The van der Waals surface area contributed by atoms with Crippen molar-refractivity contribution in [1.29, 1.82) is 0 Å². The van der Waals surface area contributed by atoms with Crippen molar-refractivity contribution in [3.05, 3.63) is 64.9 Å². The van der Waals surface area contributed by atoms with Gasteiger partial charge in [-0.05, 0) is 61.9 Å². The van der Waals surface area contributed by atoms with E-state index in [9.17, 15) is 9.59 Å². The summed E-state index contributed by atoms with van der Waals surface area (Å²) in [5, 5.41) is 12.1. The van der Waals surface area contributed by atoms with Crippen LogP contribution in [0.3, 0.4) is 0 Å². The van der Waals surface area contributed by atoms with Crippen molar-refractivity contribution in [3.63, 3.8) is 0 Å². The average molecular weight is 473 g/mol. The summed E-state index contributed by atoms with van der Waals surface area (Å²) in [5.41, 5.74) is 1.26. The van der Waals surface area contributed by atoms with Crippen molar-refractivity contribution >= 4 is 40.7 Å². The van der Waals surface area contributed by atoms with Gasteiger partial charge in [-0.25, -0.2) is 0 Å². The Labute approximate surface area is 196 Å². The lowest BCUT2D eigenvalue weighted by Gasteiger charge is -2.11. The Bertz CT molecular complexity index is 1070. The molecule has 0 saturated carbocycles. The Kier molecular flexibility index (Phi) is 8.30. The number of carbonyl (C=O) groups is 2. The molecule has 0 radical (unpaired) electrons. The number of amides is 1. The molecule has 1 atom stereocenters. The normalized spacial score (nSPS) is 11.8. The minimum atomic E-state index is -0.358. The van der Waals surface area contributed by atoms with Crippen LogP contribution in [-0.4, -0.2) is 31.7 Å². The number of rotatable bonds is 10. The SMILES string of the molecule is CCCC(=O)Nc1ccc(C(=O)[C@@H](C)Sc2nnc(COc3ccc(Cl)cc3)n2C)cc1. The van der Waals surface area contributed by atoms with Gasteiger partial charge in [0.2, 0.25) is 5.91 Å². The highest BCUT2D eigenvalue weighted by Gasteiger charge is 2.20. The number of nitrogens with one attached hydrogen (secondary N) is 1. The molecule has 3 rings (SSSR count). The molecule has 0 saturated heterocycles. The lowest BCUT2D eigenvalue weighted by atomic mass is 10.1.